The van der Waals surface area contributed by atoms with Crippen LogP contribution in [0.4, 0.5) is 17.2 Å². The van der Waals surface area contributed by atoms with Crippen molar-refractivity contribution in [3.05, 3.63) is 59.8 Å². The molecule has 9 nitrogen and oxygen atoms in total. The molecule has 0 aliphatic carbocycles. The zero-order valence-electron chi connectivity index (χ0n) is 18.6. The Morgan fingerprint density at radius 2 is 1.70 bits per heavy atom. The summed E-state index contributed by atoms with van der Waals surface area (Å²) in [5.41, 5.74) is 4.72. The molecular weight excluding hydrogens is 422 g/mol. The second kappa shape index (κ2) is 9.25. The Bertz CT molecular complexity index is 1200. The third-order valence-corrected chi connectivity index (χ3v) is 5.31. The summed E-state index contributed by atoms with van der Waals surface area (Å²) >= 11 is 0. The SMILES string of the molecule is COCc1nn2c(c1-c1ccc(C)cc1)NC(=O)C2CC(=O)Nc1ccc(NC(C)=O)cc1. The Kier molecular flexibility index (Phi) is 6.23. The molecular formula is C24H25N5O4. The molecule has 33 heavy (non-hydrogen) atoms. The van der Waals surface area contributed by atoms with E-state index in [-0.39, 0.29) is 30.7 Å². The number of hydrogen-bond acceptors (Lipinski definition) is 5. The first-order chi connectivity index (χ1) is 15.9. The van der Waals surface area contributed by atoms with Crippen molar-refractivity contribution in [3.63, 3.8) is 0 Å². The fourth-order valence-electron chi connectivity index (χ4n) is 3.81. The molecule has 3 N–H and O–H groups in total. The smallest absolute Gasteiger partial charge is 0.251 e. The molecule has 9 heteroatoms. The van der Waals surface area contributed by atoms with E-state index in [4.69, 9.17) is 4.74 Å². The number of rotatable bonds is 7. The molecule has 1 atom stereocenters. The third kappa shape index (κ3) is 4.78. The lowest BCUT2D eigenvalue weighted by Gasteiger charge is -2.11. The molecule has 0 radical (unpaired) electrons. The summed E-state index contributed by atoms with van der Waals surface area (Å²) in [5.74, 6) is -0.220. The van der Waals surface area contributed by atoms with Crippen molar-refractivity contribution in [1.29, 1.82) is 0 Å². The van der Waals surface area contributed by atoms with Gasteiger partial charge in [0.05, 0.1) is 18.7 Å². The maximum Gasteiger partial charge on any atom is 0.251 e. The number of nitrogens with one attached hydrogen (secondary N) is 3. The number of fused-ring (bicyclic) bond motifs is 1. The van der Waals surface area contributed by atoms with E-state index in [9.17, 15) is 14.4 Å². The van der Waals surface area contributed by atoms with Gasteiger partial charge in [-0.05, 0) is 36.8 Å². The van der Waals surface area contributed by atoms with Crippen LogP contribution in [0.2, 0.25) is 0 Å². The highest BCUT2D eigenvalue weighted by Crippen LogP contribution is 2.39. The van der Waals surface area contributed by atoms with Crippen molar-refractivity contribution >= 4 is 34.9 Å². The number of aromatic nitrogens is 2. The Balaban J connectivity index is 1.54. The third-order valence-electron chi connectivity index (χ3n) is 5.31. The van der Waals surface area contributed by atoms with Gasteiger partial charge in [0.2, 0.25) is 11.8 Å². The average molecular weight is 447 g/mol. The zero-order valence-corrected chi connectivity index (χ0v) is 18.6. The van der Waals surface area contributed by atoms with Gasteiger partial charge in [0.25, 0.3) is 5.91 Å². The van der Waals surface area contributed by atoms with Crippen LogP contribution in [-0.4, -0.2) is 34.6 Å². The van der Waals surface area contributed by atoms with Crippen LogP contribution in [-0.2, 0) is 25.7 Å². The number of aryl methyl sites for hydroxylation is 1. The molecule has 0 fully saturated rings. The minimum atomic E-state index is -0.770. The fourth-order valence-corrected chi connectivity index (χ4v) is 3.81. The molecule has 3 aromatic rings. The predicted octanol–water partition coefficient (Wildman–Crippen LogP) is 3.49. The summed E-state index contributed by atoms with van der Waals surface area (Å²) in [5, 5.41) is 12.9. The van der Waals surface area contributed by atoms with Crippen LogP contribution in [0.25, 0.3) is 11.1 Å². The molecule has 0 saturated carbocycles. The van der Waals surface area contributed by atoms with E-state index in [1.54, 1.807) is 36.1 Å². The van der Waals surface area contributed by atoms with Crippen molar-refractivity contribution in [2.45, 2.75) is 32.9 Å². The van der Waals surface area contributed by atoms with Gasteiger partial charge in [-0.3, -0.25) is 14.4 Å². The fraction of sp³-hybridized carbons (Fsp3) is 0.250. The Labute approximate surface area is 191 Å². The van der Waals surface area contributed by atoms with Crippen LogP contribution in [0.3, 0.4) is 0 Å². The summed E-state index contributed by atoms with van der Waals surface area (Å²) in [6.07, 6.45) is -0.0757. The van der Waals surface area contributed by atoms with E-state index >= 15 is 0 Å². The second-order valence-corrected chi connectivity index (χ2v) is 7.93. The number of carbonyl (C=O) groups is 3. The summed E-state index contributed by atoms with van der Waals surface area (Å²) in [7, 11) is 1.59. The summed E-state index contributed by atoms with van der Waals surface area (Å²) < 4.78 is 6.89. The summed E-state index contributed by atoms with van der Waals surface area (Å²) in [6, 6.07) is 13.9. The minimum Gasteiger partial charge on any atom is -0.378 e. The number of amides is 3. The van der Waals surface area contributed by atoms with E-state index in [0.29, 0.717) is 22.9 Å². The molecule has 0 spiro atoms. The molecule has 0 bridgehead atoms. The number of benzene rings is 2. The maximum absolute atomic E-state index is 12.7. The van der Waals surface area contributed by atoms with Gasteiger partial charge in [-0.15, -0.1) is 0 Å². The van der Waals surface area contributed by atoms with Crippen molar-refractivity contribution < 1.29 is 19.1 Å². The molecule has 1 unspecified atom stereocenters. The maximum atomic E-state index is 12.7. The van der Waals surface area contributed by atoms with Gasteiger partial charge in [-0.25, -0.2) is 4.68 Å². The van der Waals surface area contributed by atoms with E-state index < -0.39 is 6.04 Å². The first-order valence-electron chi connectivity index (χ1n) is 10.5. The van der Waals surface area contributed by atoms with E-state index in [1.165, 1.54) is 6.92 Å². The number of methoxy groups -OCH3 is 1. The summed E-state index contributed by atoms with van der Waals surface area (Å²) in [6.45, 7) is 3.71. The second-order valence-electron chi connectivity index (χ2n) is 7.93. The van der Waals surface area contributed by atoms with Crippen LogP contribution in [0.5, 0.6) is 0 Å². The van der Waals surface area contributed by atoms with E-state index in [2.05, 4.69) is 21.0 Å². The van der Waals surface area contributed by atoms with Crippen molar-refractivity contribution in [2.24, 2.45) is 0 Å². The van der Waals surface area contributed by atoms with Gasteiger partial charge in [0, 0.05) is 31.0 Å². The predicted molar refractivity (Wildman–Crippen MR) is 125 cm³/mol. The lowest BCUT2D eigenvalue weighted by atomic mass is 10.0. The minimum absolute atomic E-state index is 0.0757. The van der Waals surface area contributed by atoms with E-state index in [1.807, 2.05) is 31.2 Å². The standard InChI is InChI=1S/C24H25N5O4/c1-14-4-6-16(7-5-14)22-19(13-33-3)28-29-20(24(32)27-23(22)29)12-21(31)26-18-10-8-17(9-11-18)25-15(2)30/h4-11,20H,12-13H2,1-3H3,(H,25,30)(H,26,31)(H,27,32). The quantitative estimate of drug-likeness (QED) is 0.513. The molecule has 2 aromatic carbocycles. The molecule has 1 aliphatic heterocycles. The first-order valence-corrected chi connectivity index (χ1v) is 10.5. The number of anilines is 3. The van der Waals surface area contributed by atoms with Crippen LogP contribution >= 0.6 is 0 Å². The van der Waals surface area contributed by atoms with Gasteiger partial charge in [-0.1, -0.05) is 29.8 Å². The van der Waals surface area contributed by atoms with Gasteiger partial charge in [-0.2, -0.15) is 5.10 Å². The lowest BCUT2D eigenvalue weighted by molar-refractivity contribution is -0.123. The molecule has 4 rings (SSSR count). The highest BCUT2D eigenvalue weighted by atomic mass is 16.5. The first kappa shape index (κ1) is 22.2. The van der Waals surface area contributed by atoms with Crippen molar-refractivity contribution in [3.8, 4) is 11.1 Å². The van der Waals surface area contributed by atoms with Crippen LogP contribution < -0.4 is 16.0 Å². The largest absolute Gasteiger partial charge is 0.378 e. The van der Waals surface area contributed by atoms with Gasteiger partial charge >= 0.3 is 0 Å². The Morgan fingerprint density at radius 1 is 1.06 bits per heavy atom. The summed E-state index contributed by atoms with van der Waals surface area (Å²) in [4.78, 5) is 36.5. The van der Waals surface area contributed by atoms with Crippen molar-refractivity contribution in [2.75, 3.05) is 23.1 Å². The molecule has 1 aliphatic rings. The highest BCUT2D eigenvalue weighted by Gasteiger charge is 2.37. The molecule has 0 saturated heterocycles. The highest BCUT2D eigenvalue weighted by molar-refractivity contribution is 6.04. The number of ether oxygens (including phenoxy) is 1. The van der Waals surface area contributed by atoms with Gasteiger partial charge < -0.3 is 20.7 Å². The number of nitrogens with zero attached hydrogens (tertiary/aromatic N) is 2. The monoisotopic (exact) mass is 447 g/mol. The van der Waals surface area contributed by atoms with Crippen LogP contribution in [0, 0.1) is 6.92 Å². The molecule has 3 amide bonds. The molecule has 170 valence electrons. The Hall–Kier alpha value is -3.98. The molecule has 2 heterocycles. The van der Waals surface area contributed by atoms with Crippen molar-refractivity contribution in [1.82, 2.24) is 9.78 Å². The number of carbonyl (C=O) groups excluding carboxylic acids is 3. The van der Waals surface area contributed by atoms with Gasteiger partial charge in [0.1, 0.15) is 11.9 Å². The normalized spacial score (nSPS) is 14.5. The average Bonchev–Trinajstić information content (AvgIpc) is 3.25. The zero-order chi connectivity index (χ0) is 23.5. The van der Waals surface area contributed by atoms with Crippen LogP contribution in [0.1, 0.15) is 30.6 Å². The lowest BCUT2D eigenvalue weighted by Crippen LogP contribution is -2.24. The molecule has 1 aromatic heterocycles. The topological polar surface area (TPSA) is 114 Å². The van der Waals surface area contributed by atoms with E-state index in [0.717, 1.165) is 16.7 Å². The van der Waals surface area contributed by atoms with Gasteiger partial charge in [0.15, 0.2) is 0 Å². The van der Waals surface area contributed by atoms with Crippen LogP contribution in [0.15, 0.2) is 48.5 Å². The Morgan fingerprint density at radius 3 is 2.30 bits per heavy atom. The number of hydrogen-bond donors (Lipinski definition) is 3.